The second-order valence-electron chi connectivity index (χ2n) is 7.60. The van der Waals surface area contributed by atoms with Crippen molar-refractivity contribution in [2.24, 2.45) is 5.92 Å². The minimum atomic E-state index is -1.27. The Balaban J connectivity index is 1.84. The third-order valence-corrected chi connectivity index (χ3v) is 7.03. The van der Waals surface area contributed by atoms with Crippen molar-refractivity contribution in [1.82, 2.24) is 4.90 Å². The number of benzene rings is 2. The smallest absolute Gasteiger partial charge is 0.163 e. The van der Waals surface area contributed by atoms with E-state index in [0.29, 0.717) is 39.6 Å². The molecule has 1 aliphatic rings. The normalized spacial score (nSPS) is 22.5. The number of ketones is 1. The van der Waals surface area contributed by atoms with Crippen molar-refractivity contribution in [3.8, 4) is 0 Å². The highest BCUT2D eigenvalue weighted by molar-refractivity contribution is 6.42. The van der Waals surface area contributed by atoms with Crippen molar-refractivity contribution in [2.75, 3.05) is 19.6 Å². The summed E-state index contributed by atoms with van der Waals surface area (Å²) in [5.41, 5.74) is 0.302. The van der Waals surface area contributed by atoms with Gasteiger partial charge in [0.1, 0.15) is 0 Å². The first-order chi connectivity index (χ1) is 14.7. The molecule has 7 heteroatoms. The minimum absolute atomic E-state index is 0.148. The lowest BCUT2D eigenvalue weighted by Crippen LogP contribution is -2.53. The van der Waals surface area contributed by atoms with E-state index in [-0.39, 0.29) is 5.78 Å². The van der Waals surface area contributed by atoms with Gasteiger partial charge in [-0.2, -0.15) is 0 Å². The number of likely N-dealkylation sites (tertiary alicyclic amines) is 1. The zero-order valence-electron chi connectivity index (χ0n) is 17.0. The van der Waals surface area contributed by atoms with E-state index in [1.165, 1.54) is 6.08 Å². The topological polar surface area (TPSA) is 40.5 Å². The van der Waals surface area contributed by atoms with Gasteiger partial charge in [0.25, 0.3) is 0 Å². The number of piperidine rings is 1. The van der Waals surface area contributed by atoms with E-state index in [9.17, 15) is 9.90 Å². The van der Waals surface area contributed by atoms with Crippen LogP contribution in [0.3, 0.4) is 0 Å². The first-order valence-corrected chi connectivity index (χ1v) is 11.5. The van der Waals surface area contributed by atoms with Crippen LogP contribution in [0, 0.1) is 5.92 Å². The molecule has 1 aliphatic heterocycles. The molecule has 2 atom stereocenters. The van der Waals surface area contributed by atoms with Crippen LogP contribution in [-0.4, -0.2) is 41.0 Å². The maximum Gasteiger partial charge on any atom is 0.163 e. The number of hydrogen-bond acceptors (Lipinski definition) is 3. The molecule has 2 aromatic rings. The van der Waals surface area contributed by atoms with Crippen molar-refractivity contribution in [3.63, 3.8) is 0 Å². The standard InChI is InChI=1S/C24H23Cl4NO2/c1-2-29-12-11-24(31,10-9-17-4-7-20(26)22(28)14-17)18(15-29)23(30)8-5-16-3-6-19(25)21(27)13-16/h3-10,13-14,18,31H,2,11-12,15H2,1H3/b8-5+,10-9+/t18-,24-/m0/s1. The molecule has 0 aliphatic carbocycles. The van der Waals surface area contributed by atoms with E-state index in [2.05, 4.69) is 4.90 Å². The van der Waals surface area contributed by atoms with Crippen LogP contribution in [-0.2, 0) is 4.79 Å². The Bertz CT molecular complexity index is 1020. The van der Waals surface area contributed by atoms with Crippen LogP contribution in [0.2, 0.25) is 20.1 Å². The average Bonchev–Trinajstić information content (AvgIpc) is 2.75. The van der Waals surface area contributed by atoms with Crippen LogP contribution in [0.4, 0.5) is 0 Å². The third-order valence-electron chi connectivity index (χ3n) is 5.56. The maximum atomic E-state index is 13.1. The van der Waals surface area contributed by atoms with Crippen molar-refractivity contribution in [1.29, 1.82) is 0 Å². The molecule has 31 heavy (non-hydrogen) atoms. The molecule has 0 bridgehead atoms. The van der Waals surface area contributed by atoms with Gasteiger partial charge in [0.05, 0.1) is 31.6 Å². The lowest BCUT2D eigenvalue weighted by Gasteiger charge is -2.41. The van der Waals surface area contributed by atoms with Gasteiger partial charge in [0.15, 0.2) is 5.78 Å². The van der Waals surface area contributed by atoms with Gasteiger partial charge in [-0.3, -0.25) is 4.79 Å². The van der Waals surface area contributed by atoms with Gasteiger partial charge in [-0.15, -0.1) is 0 Å². The predicted octanol–water partition coefficient (Wildman–Crippen LogP) is 6.67. The molecule has 0 amide bonds. The number of allylic oxidation sites excluding steroid dienone is 1. The molecular formula is C24H23Cl4NO2. The monoisotopic (exact) mass is 497 g/mol. The molecule has 0 unspecified atom stereocenters. The molecule has 1 fully saturated rings. The number of hydrogen-bond donors (Lipinski definition) is 1. The second kappa shape index (κ2) is 10.5. The van der Waals surface area contributed by atoms with Crippen LogP contribution < -0.4 is 0 Å². The minimum Gasteiger partial charge on any atom is -0.385 e. The molecule has 0 spiro atoms. The van der Waals surface area contributed by atoms with Gasteiger partial charge in [-0.25, -0.2) is 0 Å². The van der Waals surface area contributed by atoms with Crippen molar-refractivity contribution in [3.05, 3.63) is 79.8 Å². The molecule has 0 radical (unpaired) electrons. The molecule has 3 nitrogen and oxygen atoms in total. The van der Waals surface area contributed by atoms with Crippen LogP contribution >= 0.6 is 46.4 Å². The van der Waals surface area contributed by atoms with Crippen molar-refractivity contribution < 1.29 is 9.90 Å². The largest absolute Gasteiger partial charge is 0.385 e. The SMILES string of the molecule is CCN1CC[C@@](O)(/C=C/c2ccc(Cl)c(Cl)c2)[C@H](C(=O)/C=C/c2ccc(Cl)c(Cl)c2)C1. The maximum absolute atomic E-state index is 13.1. The lowest BCUT2D eigenvalue weighted by atomic mass is 9.77. The van der Waals surface area contributed by atoms with Gasteiger partial charge in [0.2, 0.25) is 0 Å². The summed E-state index contributed by atoms with van der Waals surface area (Å²) in [6.07, 6.45) is 7.14. The predicted molar refractivity (Wildman–Crippen MR) is 131 cm³/mol. The first kappa shape index (κ1) is 24.3. The first-order valence-electron chi connectivity index (χ1n) is 9.98. The van der Waals surface area contributed by atoms with E-state index in [4.69, 9.17) is 46.4 Å². The summed E-state index contributed by atoms with van der Waals surface area (Å²) in [4.78, 5) is 15.3. The number of halogens is 4. The Morgan fingerprint density at radius 2 is 1.61 bits per heavy atom. The highest BCUT2D eigenvalue weighted by atomic mass is 35.5. The highest BCUT2D eigenvalue weighted by Crippen LogP contribution is 2.32. The van der Waals surface area contributed by atoms with Crippen LogP contribution in [0.15, 0.2) is 48.6 Å². The summed E-state index contributed by atoms with van der Waals surface area (Å²) in [6.45, 7) is 4.04. The summed E-state index contributed by atoms with van der Waals surface area (Å²) in [7, 11) is 0. The van der Waals surface area contributed by atoms with Gasteiger partial charge in [-0.05, 0) is 54.4 Å². The van der Waals surface area contributed by atoms with E-state index >= 15 is 0 Å². The van der Waals surface area contributed by atoms with E-state index in [0.717, 1.165) is 17.7 Å². The number of rotatable bonds is 6. The Hall–Kier alpha value is -1.33. The van der Waals surface area contributed by atoms with Crippen molar-refractivity contribution >= 4 is 64.3 Å². The van der Waals surface area contributed by atoms with Gasteiger partial charge in [-0.1, -0.05) is 83.7 Å². The van der Waals surface area contributed by atoms with E-state index in [1.807, 2.05) is 13.0 Å². The zero-order valence-corrected chi connectivity index (χ0v) is 20.0. The number of carbonyl (C=O) groups excluding carboxylic acids is 1. The summed E-state index contributed by atoms with van der Waals surface area (Å²) in [5.74, 6) is -0.746. The highest BCUT2D eigenvalue weighted by Gasteiger charge is 2.42. The summed E-state index contributed by atoms with van der Waals surface area (Å²) < 4.78 is 0. The number of carbonyl (C=O) groups is 1. The van der Waals surface area contributed by atoms with Gasteiger partial charge in [0, 0.05) is 13.1 Å². The molecule has 3 rings (SSSR count). The second-order valence-corrected chi connectivity index (χ2v) is 9.23. The summed E-state index contributed by atoms with van der Waals surface area (Å²) in [5, 5.41) is 13.2. The lowest BCUT2D eigenvalue weighted by molar-refractivity contribution is -0.129. The summed E-state index contributed by atoms with van der Waals surface area (Å²) in [6, 6.07) is 10.4. The zero-order chi connectivity index (χ0) is 22.6. The molecule has 1 heterocycles. The molecule has 1 saturated heterocycles. The Kier molecular flexibility index (Phi) is 8.25. The number of aliphatic hydroxyl groups is 1. The average molecular weight is 499 g/mol. The fourth-order valence-electron chi connectivity index (χ4n) is 3.61. The molecule has 0 aromatic heterocycles. The van der Waals surface area contributed by atoms with Gasteiger partial charge < -0.3 is 10.0 Å². The Labute approximate surface area is 202 Å². The Morgan fingerprint density at radius 1 is 1.03 bits per heavy atom. The fraction of sp³-hybridized carbons (Fsp3) is 0.292. The Morgan fingerprint density at radius 3 is 2.16 bits per heavy atom. The summed E-state index contributed by atoms with van der Waals surface area (Å²) >= 11 is 24.1. The number of nitrogens with zero attached hydrogens (tertiary/aromatic N) is 1. The quantitative estimate of drug-likeness (QED) is 0.452. The molecule has 164 valence electrons. The van der Waals surface area contributed by atoms with Crippen LogP contribution in [0.5, 0.6) is 0 Å². The van der Waals surface area contributed by atoms with Crippen LogP contribution in [0.25, 0.3) is 12.2 Å². The van der Waals surface area contributed by atoms with E-state index < -0.39 is 11.5 Å². The molecule has 1 N–H and O–H groups in total. The molecule has 2 aromatic carbocycles. The molecular weight excluding hydrogens is 476 g/mol. The fourth-order valence-corrected chi connectivity index (χ4v) is 4.22. The van der Waals surface area contributed by atoms with Crippen molar-refractivity contribution in [2.45, 2.75) is 18.9 Å². The molecule has 0 saturated carbocycles. The third kappa shape index (κ3) is 6.13. The van der Waals surface area contributed by atoms with E-state index in [1.54, 1.807) is 48.6 Å². The van der Waals surface area contributed by atoms with Gasteiger partial charge >= 0.3 is 0 Å². The van der Waals surface area contributed by atoms with Crippen LogP contribution in [0.1, 0.15) is 24.5 Å².